The molecule has 1 atom stereocenters. The summed E-state index contributed by atoms with van der Waals surface area (Å²) in [4.78, 5) is 36.4. The highest BCUT2D eigenvalue weighted by molar-refractivity contribution is 6.06. The van der Waals surface area contributed by atoms with Crippen molar-refractivity contribution < 1.29 is 28.2 Å². The third kappa shape index (κ3) is 5.59. The number of allylic oxidation sites excluding steroid dienone is 1. The van der Waals surface area contributed by atoms with Gasteiger partial charge in [-0.15, -0.1) is 0 Å². The number of rotatable bonds is 7. The van der Waals surface area contributed by atoms with E-state index in [1.807, 2.05) is 0 Å². The van der Waals surface area contributed by atoms with Crippen molar-refractivity contribution in [2.75, 3.05) is 18.5 Å². The van der Waals surface area contributed by atoms with Crippen LogP contribution in [0.1, 0.15) is 25.5 Å². The van der Waals surface area contributed by atoms with E-state index in [1.165, 1.54) is 24.3 Å². The number of urea groups is 1. The number of carbonyl (C=O) groups is 3. The van der Waals surface area contributed by atoms with E-state index in [9.17, 15) is 18.8 Å². The van der Waals surface area contributed by atoms with Crippen molar-refractivity contribution in [1.29, 1.82) is 0 Å². The molecule has 1 heterocycles. The highest BCUT2D eigenvalue weighted by atomic mass is 19.1. The Labute approximate surface area is 178 Å². The number of hydrogen-bond donors (Lipinski definition) is 3. The summed E-state index contributed by atoms with van der Waals surface area (Å²) < 4.78 is 23.3. The molecule has 8 nitrogen and oxygen atoms in total. The maximum absolute atomic E-state index is 13.1. The highest BCUT2D eigenvalue weighted by Gasteiger charge is 2.31. The zero-order chi connectivity index (χ0) is 22.4. The van der Waals surface area contributed by atoms with Gasteiger partial charge in [-0.3, -0.25) is 4.79 Å². The van der Waals surface area contributed by atoms with E-state index in [0.29, 0.717) is 28.3 Å². The van der Waals surface area contributed by atoms with Crippen LogP contribution in [0, 0.1) is 5.82 Å². The van der Waals surface area contributed by atoms with Gasteiger partial charge >= 0.3 is 12.0 Å². The molecule has 0 bridgehead atoms. The molecule has 0 aromatic heterocycles. The normalized spacial score (nSPS) is 15.6. The number of benzene rings is 2. The van der Waals surface area contributed by atoms with Crippen LogP contribution in [-0.4, -0.2) is 31.1 Å². The van der Waals surface area contributed by atoms with Crippen LogP contribution in [0.3, 0.4) is 0 Å². The number of amides is 3. The quantitative estimate of drug-likeness (QED) is 0.589. The fourth-order valence-electron chi connectivity index (χ4n) is 3.08. The van der Waals surface area contributed by atoms with Crippen LogP contribution in [0.5, 0.6) is 5.75 Å². The van der Waals surface area contributed by atoms with Gasteiger partial charge in [0.2, 0.25) is 0 Å². The van der Waals surface area contributed by atoms with E-state index in [0.717, 1.165) is 0 Å². The molecule has 1 aliphatic rings. The van der Waals surface area contributed by atoms with Crippen molar-refractivity contribution in [2.45, 2.75) is 19.9 Å². The lowest BCUT2D eigenvalue weighted by Crippen LogP contribution is -2.45. The number of halogens is 1. The van der Waals surface area contributed by atoms with E-state index in [2.05, 4.69) is 16.0 Å². The molecule has 0 saturated carbocycles. The van der Waals surface area contributed by atoms with Crippen molar-refractivity contribution in [3.63, 3.8) is 0 Å². The van der Waals surface area contributed by atoms with Crippen molar-refractivity contribution >= 4 is 23.6 Å². The predicted octanol–water partition coefficient (Wildman–Crippen LogP) is 3.03. The zero-order valence-corrected chi connectivity index (χ0v) is 17.0. The predicted molar refractivity (Wildman–Crippen MR) is 111 cm³/mol. The number of ether oxygens (including phenoxy) is 2. The van der Waals surface area contributed by atoms with E-state index in [4.69, 9.17) is 9.47 Å². The second-order valence-electron chi connectivity index (χ2n) is 6.69. The number of carbonyl (C=O) groups excluding carboxylic acids is 3. The third-order valence-corrected chi connectivity index (χ3v) is 4.49. The van der Waals surface area contributed by atoms with Gasteiger partial charge in [-0.2, -0.15) is 0 Å². The molecule has 0 fully saturated rings. The molecule has 0 saturated heterocycles. The van der Waals surface area contributed by atoms with Gasteiger partial charge in [0.05, 0.1) is 18.2 Å². The lowest BCUT2D eigenvalue weighted by molar-refractivity contribution is -0.145. The van der Waals surface area contributed by atoms with Crippen LogP contribution in [0.4, 0.5) is 14.9 Å². The molecule has 3 N–H and O–H groups in total. The SMILES string of the molecule is CCOC(=O)COc1ccc([C@H]2NC(=O)NC(C)=C2C(=O)Nc2ccc(F)cc2)cc1. The molecule has 9 heteroatoms. The summed E-state index contributed by atoms with van der Waals surface area (Å²) in [5.74, 6) is -0.891. The van der Waals surface area contributed by atoms with Gasteiger partial charge in [-0.05, 0) is 55.8 Å². The molecular formula is C22H22FN3O5. The molecule has 31 heavy (non-hydrogen) atoms. The van der Waals surface area contributed by atoms with Gasteiger partial charge in [0.1, 0.15) is 11.6 Å². The van der Waals surface area contributed by atoms with Crippen molar-refractivity contribution in [3.8, 4) is 5.75 Å². The summed E-state index contributed by atoms with van der Waals surface area (Å²) >= 11 is 0. The third-order valence-electron chi connectivity index (χ3n) is 4.49. The van der Waals surface area contributed by atoms with E-state index in [-0.39, 0.29) is 13.2 Å². The zero-order valence-electron chi connectivity index (χ0n) is 17.0. The molecule has 2 aromatic carbocycles. The largest absolute Gasteiger partial charge is 0.482 e. The minimum Gasteiger partial charge on any atom is -0.482 e. The Bertz CT molecular complexity index is 1000. The van der Waals surface area contributed by atoms with Crippen LogP contribution >= 0.6 is 0 Å². The van der Waals surface area contributed by atoms with E-state index >= 15 is 0 Å². The fraction of sp³-hybridized carbons (Fsp3) is 0.227. The van der Waals surface area contributed by atoms with Crippen molar-refractivity contribution in [3.05, 3.63) is 71.2 Å². The van der Waals surface area contributed by atoms with E-state index in [1.54, 1.807) is 38.1 Å². The molecule has 3 rings (SSSR count). The first kappa shape index (κ1) is 21.8. The molecule has 0 aliphatic carbocycles. The van der Waals surface area contributed by atoms with Gasteiger partial charge in [0.15, 0.2) is 6.61 Å². The Morgan fingerprint density at radius 1 is 1.10 bits per heavy atom. The van der Waals surface area contributed by atoms with Gasteiger partial charge in [0.25, 0.3) is 5.91 Å². The van der Waals surface area contributed by atoms with Crippen LogP contribution in [0.25, 0.3) is 0 Å². The number of esters is 1. The average molecular weight is 427 g/mol. The topological polar surface area (TPSA) is 106 Å². The Hall–Kier alpha value is -3.88. The molecule has 0 unspecified atom stereocenters. The Morgan fingerprint density at radius 3 is 2.42 bits per heavy atom. The minimum atomic E-state index is -0.715. The first-order valence-electron chi connectivity index (χ1n) is 9.61. The molecule has 0 spiro atoms. The second kappa shape index (κ2) is 9.75. The number of hydrogen-bond acceptors (Lipinski definition) is 5. The molecule has 2 aromatic rings. The van der Waals surface area contributed by atoms with Crippen molar-refractivity contribution in [1.82, 2.24) is 10.6 Å². The van der Waals surface area contributed by atoms with E-state index < -0.39 is 29.8 Å². The Kier molecular flexibility index (Phi) is 6.86. The molecular weight excluding hydrogens is 405 g/mol. The lowest BCUT2D eigenvalue weighted by atomic mass is 9.94. The highest BCUT2D eigenvalue weighted by Crippen LogP contribution is 2.29. The molecule has 162 valence electrons. The van der Waals surface area contributed by atoms with Crippen LogP contribution < -0.4 is 20.7 Å². The molecule has 0 radical (unpaired) electrons. The number of nitrogens with one attached hydrogen (secondary N) is 3. The van der Waals surface area contributed by atoms with Crippen molar-refractivity contribution in [2.24, 2.45) is 0 Å². The monoisotopic (exact) mass is 427 g/mol. The summed E-state index contributed by atoms with van der Waals surface area (Å²) in [7, 11) is 0. The van der Waals surface area contributed by atoms with Gasteiger partial charge in [-0.1, -0.05) is 12.1 Å². The smallest absolute Gasteiger partial charge is 0.344 e. The Morgan fingerprint density at radius 2 is 1.77 bits per heavy atom. The molecule has 1 aliphatic heterocycles. The average Bonchev–Trinajstić information content (AvgIpc) is 2.74. The minimum absolute atomic E-state index is 0.221. The maximum Gasteiger partial charge on any atom is 0.344 e. The van der Waals surface area contributed by atoms with Crippen LogP contribution in [0.2, 0.25) is 0 Å². The van der Waals surface area contributed by atoms with Crippen LogP contribution in [-0.2, 0) is 14.3 Å². The lowest BCUT2D eigenvalue weighted by Gasteiger charge is -2.28. The summed E-state index contributed by atoms with van der Waals surface area (Å²) in [6.45, 7) is 3.38. The maximum atomic E-state index is 13.1. The summed E-state index contributed by atoms with van der Waals surface area (Å²) in [5.41, 5.74) is 1.77. The first-order valence-corrected chi connectivity index (χ1v) is 9.61. The Balaban J connectivity index is 1.78. The summed E-state index contributed by atoms with van der Waals surface area (Å²) in [6, 6.07) is 10.9. The van der Waals surface area contributed by atoms with Crippen LogP contribution in [0.15, 0.2) is 59.8 Å². The molecule has 3 amide bonds. The van der Waals surface area contributed by atoms with Gasteiger partial charge in [-0.25, -0.2) is 14.0 Å². The standard InChI is InChI=1S/C22H22FN3O5/c1-3-30-18(27)12-31-17-10-4-14(5-11-17)20-19(13(2)24-22(29)26-20)21(28)25-16-8-6-15(23)7-9-16/h4-11,20H,3,12H2,1-2H3,(H,25,28)(H2,24,26,29)/t20-/m1/s1. The van der Waals surface area contributed by atoms with Gasteiger partial charge in [0, 0.05) is 11.4 Å². The summed E-state index contributed by atoms with van der Waals surface area (Å²) in [5, 5.41) is 8.03. The first-order chi connectivity index (χ1) is 14.9. The van der Waals surface area contributed by atoms with Gasteiger partial charge < -0.3 is 25.4 Å². The summed E-state index contributed by atoms with van der Waals surface area (Å²) in [6.07, 6.45) is 0. The fourth-order valence-corrected chi connectivity index (χ4v) is 3.08. The second-order valence-corrected chi connectivity index (χ2v) is 6.69. The number of anilines is 1.